The highest BCUT2D eigenvalue weighted by atomic mass is 16.3. The molecule has 57 heavy (non-hydrogen) atoms. The summed E-state index contributed by atoms with van der Waals surface area (Å²) in [4.78, 5) is 0. The van der Waals surface area contributed by atoms with E-state index in [1.807, 2.05) is 0 Å². The van der Waals surface area contributed by atoms with Gasteiger partial charge in [0, 0.05) is 37.9 Å². The Labute approximate surface area is 328 Å². The number of fused-ring (bicyclic) bond motifs is 9. The lowest BCUT2D eigenvalue weighted by Gasteiger charge is -2.14. The van der Waals surface area contributed by atoms with E-state index in [1.165, 1.54) is 54.8 Å². The minimum Gasteiger partial charge on any atom is -0.454 e. The molecule has 0 bridgehead atoms. The zero-order valence-corrected chi connectivity index (χ0v) is 30.9. The fourth-order valence-electron chi connectivity index (χ4n) is 9.20. The predicted molar refractivity (Wildman–Crippen MR) is 239 cm³/mol. The molecule has 0 unspecified atom stereocenters. The van der Waals surface area contributed by atoms with Crippen LogP contribution in [-0.4, -0.2) is 9.13 Å². The van der Waals surface area contributed by atoms with Gasteiger partial charge in [-0.15, -0.1) is 0 Å². The number of benzene rings is 9. The van der Waals surface area contributed by atoms with Crippen LogP contribution in [0.25, 0.3) is 110 Å². The van der Waals surface area contributed by atoms with Gasteiger partial charge in [0.05, 0.1) is 33.4 Å². The van der Waals surface area contributed by atoms with Crippen molar-refractivity contribution in [2.24, 2.45) is 0 Å². The summed E-state index contributed by atoms with van der Waals surface area (Å²) < 4.78 is 11.7. The first-order valence-electron chi connectivity index (χ1n) is 19.5. The molecule has 12 aromatic rings. The van der Waals surface area contributed by atoms with Crippen LogP contribution < -0.4 is 0 Å². The van der Waals surface area contributed by atoms with Crippen LogP contribution in [0.3, 0.4) is 0 Å². The molecule has 9 aromatic carbocycles. The van der Waals surface area contributed by atoms with E-state index >= 15 is 0 Å². The van der Waals surface area contributed by atoms with E-state index in [1.54, 1.807) is 0 Å². The van der Waals surface area contributed by atoms with Gasteiger partial charge in [0.2, 0.25) is 0 Å². The van der Waals surface area contributed by atoms with Crippen molar-refractivity contribution in [1.82, 2.24) is 9.13 Å². The molecule has 0 amide bonds. The Kier molecular flexibility index (Phi) is 6.93. The molecule has 0 saturated carbocycles. The Morgan fingerprint density at radius 2 is 0.789 bits per heavy atom. The second-order valence-corrected chi connectivity index (χ2v) is 14.9. The third kappa shape index (κ3) is 4.79. The second kappa shape index (κ2) is 12.5. The Balaban J connectivity index is 1.11. The Bertz CT molecular complexity index is 3510. The maximum Gasteiger partial charge on any atom is 0.160 e. The molecule has 266 valence electrons. The Hall–Kier alpha value is -7.62. The largest absolute Gasteiger partial charge is 0.454 e. The fourth-order valence-corrected chi connectivity index (χ4v) is 9.20. The molecular weight excluding hydrogens is 693 g/mol. The summed E-state index contributed by atoms with van der Waals surface area (Å²) in [6.07, 6.45) is 0. The molecule has 0 spiro atoms. The monoisotopic (exact) mass is 726 g/mol. The van der Waals surface area contributed by atoms with Crippen molar-refractivity contribution >= 4 is 65.6 Å². The molecule has 3 nitrogen and oxygen atoms in total. The van der Waals surface area contributed by atoms with E-state index < -0.39 is 0 Å². The predicted octanol–water partition coefficient (Wildman–Crippen LogP) is 14.8. The van der Waals surface area contributed by atoms with Gasteiger partial charge < -0.3 is 13.6 Å². The van der Waals surface area contributed by atoms with E-state index in [2.05, 4.69) is 215 Å². The molecule has 3 aromatic heterocycles. The molecular formula is C54H34N2O. The molecule has 3 heterocycles. The van der Waals surface area contributed by atoms with E-state index in [-0.39, 0.29) is 0 Å². The highest BCUT2D eigenvalue weighted by Crippen LogP contribution is 2.44. The maximum atomic E-state index is 6.83. The van der Waals surface area contributed by atoms with Gasteiger partial charge in [-0.05, 0) is 70.3 Å². The molecule has 0 atom stereocenters. The van der Waals surface area contributed by atoms with Crippen LogP contribution >= 0.6 is 0 Å². The van der Waals surface area contributed by atoms with Crippen LogP contribution in [0.5, 0.6) is 0 Å². The van der Waals surface area contributed by atoms with Crippen LogP contribution in [0.2, 0.25) is 0 Å². The first-order chi connectivity index (χ1) is 28.3. The second-order valence-electron chi connectivity index (χ2n) is 14.9. The number of para-hydroxylation sites is 4. The SMILES string of the molecule is c1ccc(-c2ccccc2-n2c3ccccc3c3ccc(-c4ccc5c6ccccc6n(-c6ccc(-c7ccccc7)c7c6oc6ccccc67)c5c4)cc32)cc1. The normalized spacial score (nSPS) is 11.9. The average Bonchev–Trinajstić information content (AvgIpc) is 3.94. The molecule has 0 saturated heterocycles. The van der Waals surface area contributed by atoms with Crippen LogP contribution in [0.1, 0.15) is 0 Å². The van der Waals surface area contributed by atoms with Crippen molar-refractivity contribution in [2.75, 3.05) is 0 Å². The Morgan fingerprint density at radius 3 is 1.44 bits per heavy atom. The molecule has 0 radical (unpaired) electrons. The van der Waals surface area contributed by atoms with Crippen molar-refractivity contribution < 1.29 is 4.42 Å². The zero-order chi connectivity index (χ0) is 37.5. The summed E-state index contributed by atoms with van der Waals surface area (Å²) in [5.74, 6) is 0. The number of aromatic nitrogens is 2. The third-order valence-corrected chi connectivity index (χ3v) is 11.7. The first kappa shape index (κ1) is 31.7. The van der Waals surface area contributed by atoms with E-state index in [0.29, 0.717) is 0 Å². The highest BCUT2D eigenvalue weighted by Gasteiger charge is 2.22. The number of hydrogen-bond donors (Lipinski definition) is 0. The minimum atomic E-state index is 0.883. The topological polar surface area (TPSA) is 23.0 Å². The van der Waals surface area contributed by atoms with Gasteiger partial charge in [-0.25, -0.2) is 0 Å². The van der Waals surface area contributed by atoms with Crippen molar-refractivity contribution in [3.63, 3.8) is 0 Å². The number of rotatable bonds is 5. The van der Waals surface area contributed by atoms with Gasteiger partial charge in [-0.2, -0.15) is 0 Å². The Morgan fingerprint density at radius 1 is 0.298 bits per heavy atom. The number of furan rings is 1. The summed E-state index contributed by atoms with van der Waals surface area (Å²) in [6.45, 7) is 0. The van der Waals surface area contributed by atoms with Crippen LogP contribution in [-0.2, 0) is 0 Å². The highest BCUT2D eigenvalue weighted by molar-refractivity contribution is 6.17. The molecule has 12 rings (SSSR count). The van der Waals surface area contributed by atoms with E-state index in [4.69, 9.17) is 4.42 Å². The fraction of sp³-hybridized carbons (Fsp3) is 0. The number of nitrogens with zero attached hydrogens (tertiary/aromatic N) is 2. The van der Waals surface area contributed by atoms with Crippen molar-refractivity contribution in [3.05, 3.63) is 206 Å². The smallest absolute Gasteiger partial charge is 0.160 e. The summed E-state index contributed by atoms with van der Waals surface area (Å²) in [5.41, 5.74) is 15.7. The van der Waals surface area contributed by atoms with Gasteiger partial charge >= 0.3 is 0 Å². The minimum absolute atomic E-state index is 0.883. The van der Waals surface area contributed by atoms with Gasteiger partial charge in [0.15, 0.2) is 5.58 Å². The lowest BCUT2D eigenvalue weighted by atomic mass is 9.98. The molecule has 0 aliphatic carbocycles. The summed E-state index contributed by atoms with van der Waals surface area (Å²) in [5, 5.41) is 7.14. The van der Waals surface area contributed by atoms with Gasteiger partial charge in [0.25, 0.3) is 0 Å². The first-order valence-corrected chi connectivity index (χ1v) is 19.5. The lowest BCUT2D eigenvalue weighted by Crippen LogP contribution is -1.97. The zero-order valence-electron chi connectivity index (χ0n) is 30.9. The molecule has 0 N–H and O–H groups in total. The lowest BCUT2D eigenvalue weighted by molar-refractivity contribution is 0.666. The van der Waals surface area contributed by atoms with Crippen LogP contribution in [0.4, 0.5) is 0 Å². The third-order valence-electron chi connectivity index (χ3n) is 11.7. The molecule has 3 heteroatoms. The summed E-state index contributed by atoms with van der Waals surface area (Å²) in [6, 6.07) is 74.3. The van der Waals surface area contributed by atoms with Crippen LogP contribution in [0.15, 0.2) is 211 Å². The van der Waals surface area contributed by atoms with E-state index in [9.17, 15) is 0 Å². The maximum absolute atomic E-state index is 6.83. The van der Waals surface area contributed by atoms with Crippen molar-refractivity contribution in [2.45, 2.75) is 0 Å². The molecule has 0 fully saturated rings. The van der Waals surface area contributed by atoms with Gasteiger partial charge in [-0.1, -0.05) is 164 Å². The molecule has 0 aliphatic rings. The standard InChI is InChI=1S/C54H34N2O/c1-3-15-35(16-4-1)39-19-7-11-23-46(39)55-47-24-12-8-20-41(47)43-29-27-37(33-50(43)55)38-28-30-44-42-21-9-13-25-48(42)56(51(44)34-38)49-32-31-40(36-17-5-2-6-18-36)53-45-22-10-14-26-52(45)57-54(49)53/h1-34H. The average molecular weight is 727 g/mol. The summed E-state index contributed by atoms with van der Waals surface area (Å²) >= 11 is 0. The quantitative estimate of drug-likeness (QED) is 0.173. The van der Waals surface area contributed by atoms with E-state index in [0.717, 1.165) is 55.5 Å². The van der Waals surface area contributed by atoms with Crippen LogP contribution in [0, 0.1) is 0 Å². The molecule has 0 aliphatic heterocycles. The van der Waals surface area contributed by atoms with Gasteiger partial charge in [0.1, 0.15) is 5.58 Å². The van der Waals surface area contributed by atoms with Crippen molar-refractivity contribution in [1.29, 1.82) is 0 Å². The summed E-state index contributed by atoms with van der Waals surface area (Å²) in [7, 11) is 0. The number of hydrogen-bond acceptors (Lipinski definition) is 1. The van der Waals surface area contributed by atoms with Crippen molar-refractivity contribution in [3.8, 4) is 44.8 Å². The van der Waals surface area contributed by atoms with Gasteiger partial charge in [-0.3, -0.25) is 0 Å².